The number of nitrogens with zero attached hydrogens (tertiary/aromatic N) is 3. The Morgan fingerprint density at radius 2 is 1.84 bits per heavy atom. The third-order valence-corrected chi connectivity index (χ3v) is 4.54. The van der Waals surface area contributed by atoms with Gasteiger partial charge >= 0.3 is 6.18 Å². The number of alkyl halides is 3. The van der Waals surface area contributed by atoms with Crippen molar-refractivity contribution in [1.29, 1.82) is 0 Å². The normalized spacial score (nSPS) is 12.6. The molecule has 7 nitrogen and oxygen atoms in total. The number of halogens is 3. The summed E-state index contributed by atoms with van der Waals surface area (Å²) >= 11 is 0. The zero-order valence-electron chi connectivity index (χ0n) is 17.6. The number of hydrogen-bond donors (Lipinski definition) is 1. The molecule has 0 saturated carbocycles. The summed E-state index contributed by atoms with van der Waals surface area (Å²) < 4.78 is 55.3. The molecule has 0 radical (unpaired) electrons. The SMILES string of the molecule is COCCOc1cc2c(N[C@H](C)c3cc(C(F)(F)F)ccn3)nc(C)nc2cc1OC. The van der Waals surface area contributed by atoms with Gasteiger partial charge in [0.05, 0.1) is 36.5 Å². The Balaban J connectivity index is 1.98. The van der Waals surface area contributed by atoms with Gasteiger partial charge in [0.25, 0.3) is 0 Å². The largest absolute Gasteiger partial charge is 0.493 e. The monoisotopic (exact) mass is 436 g/mol. The minimum atomic E-state index is -4.44. The minimum Gasteiger partial charge on any atom is -0.493 e. The van der Waals surface area contributed by atoms with Gasteiger partial charge in [-0.05, 0) is 32.0 Å². The zero-order valence-corrected chi connectivity index (χ0v) is 17.6. The lowest BCUT2D eigenvalue weighted by Gasteiger charge is -2.18. The highest BCUT2D eigenvalue weighted by Gasteiger charge is 2.31. The lowest BCUT2D eigenvalue weighted by Crippen LogP contribution is -2.13. The topological polar surface area (TPSA) is 78.4 Å². The number of methoxy groups -OCH3 is 2. The van der Waals surface area contributed by atoms with Crippen molar-refractivity contribution in [2.75, 3.05) is 32.8 Å². The molecule has 3 rings (SSSR count). The molecule has 2 aromatic heterocycles. The summed E-state index contributed by atoms with van der Waals surface area (Å²) in [5.41, 5.74) is 0.0907. The van der Waals surface area contributed by atoms with E-state index in [4.69, 9.17) is 14.2 Å². The maximum atomic E-state index is 13.1. The molecule has 0 unspecified atom stereocenters. The molecule has 1 N–H and O–H groups in total. The smallest absolute Gasteiger partial charge is 0.416 e. The van der Waals surface area contributed by atoms with Crippen molar-refractivity contribution in [2.24, 2.45) is 0 Å². The fourth-order valence-electron chi connectivity index (χ4n) is 3.01. The predicted octanol–water partition coefficient (Wildman–Crippen LogP) is 4.56. The van der Waals surface area contributed by atoms with Crippen molar-refractivity contribution >= 4 is 16.7 Å². The molecule has 0 spiro atoms. The molecule has 10 heteroatoms. The molecule has 0 bridgehead atoms. The van der Waals surface area contributed by atoms with Crippen LogP contribution in [0.5, 0.6) is 11.5 Å². The average molecular weight is 436 g/mol. The van der Waals surface area contributed by atoms with Crippen LogP contribution in [-0.4, -0.2) is 42.4 Å². The van der Waals surface area contributed by atoms with E-state index in [2.05, 4.69) is 20.3 Å². The molecule has 0 amide bonds. The first-order valence-corrected chi connectivity index (χ1v) is 9.50. The Hall–Kier alpha value is -3.14. The molecule has 166 valence electrons. The number of nitrogens with one attached hydrogen (secondary N) is 1. The van der Waals surface area contributed by atoms with Crippen LogP contribution in [0.4, 0.5) is 19.0 Å². The Bertz CT molecular complexity index is 1060. The van der Waals surface area contributed by atoms with E-state index in [1.165, 1.54) is 7.11 Å². The van der Waals surface area contributed by atoms with Crippen LogP contribution in [0.1, 0.15) is 30.0 Å². The number of ether oxygens (including phenoxy) is 3. The van der Waals surface area contributed by atoms with Gasteiger partial charge < -0.3 is 19.5 Å². The molecule has 2 heterocycles. The van der Waals surface area contributed by atoms with Crippen molar-refractivity contribution in [3.8, 4) is 11.5 Å². The summed E-state index contributed by atoms with van der Waals surface area (Å²) in [6.45, 7) is 4.16. The van der Waals surface area contributed by atoms with E-state index in [0.717, 1.165) is 18.3 Å². The molecule has 1 aromatic carbocycles. The second-order valence-electron chi connectivity index (χ2n) is 6.81. The first-order valence-electron chi connectivity index (χ1n) is 9.50. The van der Waals surface area contributed by atoms with E-state index < -0.39 is 17.8 Å². The van der Waals surface area contributed by atoms with Crippen molar-refractivity contribution in [1.82, 2.24) is 15.0 Å². The van der Waals surface area contributed by atoms with Gasteiger partial charge in [-0.25, -0.2) is 9.97 Å². The van der Waals surface area contributed by atoms with E-state index in [0.29, 0.717) is 47.3 Å². The summed E-state index contributed by atoms with van der Waals surface area (Å²) in [4.78, 5) is 13.0. The Morgan fingerprint density at radius 3 is 2.52 bits per heavy atom. The molecule has 1 atom stereocenters. The van der Waals surface area contributed by atoms with Crippen LogP contribution < -0.4 is 14.8 Å². The third kappa shape index (κ3) is 5.32. The Kier molecular flexibility index (Phi) is 6.79. The van der Waals surface area contributed by atoms with Gasteiger partial charge in [-0.15, -0.1) is 0 Å². The third-order valence-electron chi connectivity index (χ3n) is 4.54. The fourth-order valence-corrected chi connectivity index (χ4v) is 3.01. The van der Waals surface area contributed by atoms with Crippen LogP contribution in [0.15, 0.2) is 30.5 Å². The van der Waals surface area contributed by atoms with E-state index in [-0.39, 0.29) is 5.69 Å². The van der Waals surface area contributed by atoms with Gasteiger partial charge in [0.15, 0.2) is 11.5 Å². The number of benzene rings is 1. The number of hydrogen-bond acceptors (Lipinski definition) is 7. The summed E-state index contributed by atoms with van der Waals surface area (Å²) in [5.74, 6) is 1.93. The summed E-state index contributed by atoms with van der Waals surface area (Å²) in [6.07, 6.45) is -3.30. The van der Waals surface area contributed by atoms with Crippen LogP contribution in [0.25, 0.3) is 10.9 Å². The second-order valence-corrected chi connectivity index (χ2v) is 6.81. The highest BCUT2D eigenvalue weighted by atomic mass is 19.4. The first-order chi connectivity index (χ1) is 14.7. The Labute approximate surface area is 177 Å². The molecular formula is C21H23F3N4O3. The molecule has 31 heavy (non-hydrogen) atoms. The number of aryl methyl sites for hydroxylation is 1. The highest BCUT2D eigenvalue weighted by molar-refractivity contribution is 5.92. The van der Waals surface area contributed by atoms with Crippen LogP contribution in [0.3, 0.4) is 0 Å². The van der Waals surface area contributed by atoms with Gasteiger partial charge in [-0.1, -0.05) is 0 Å². The molecule has 0 saturated heterocycles. The highest BCUT2D eigenvalue weighted by Crippen LogP contribution is 2.35. The summed E-state index contributed by atoms with van der Waals surface area (Å²) in [5, 5.41) is 3.79. The molecule has 0 fully saturated rings. The second kappa shape index (κ2) is 9.34. The number of aromatic nitrogens is 3. The number of rotatable bonds is 8. The lowest BCUT2D eigenvalue weighted by atomic mass is 10.1. The zero-order chi connectivity index (χ0) is 22.6. The van der Waals surface area contributed by atoms with E-state index in [9.17, 15) is 13.2 Å². The molecule has 0 aliphatic rings. The van der Waals surface area contributed by atoms with Crippen molar-refractivity contribution < 1.29 is 27.4 Å². The van der Waals surface area contributed by atoms with Crippen molar-refractivity contribution in [2.45, 2.75) is 26.1 Å². The van der Waals surface area contributed by atoms with Gasteiger partial charge in [0, 0.05) is 24.8 Å². The van der Waals surface area contributed by atoms with Crippen LogP contribution >= 0.6 is 0 Å². The van der Waals surface area contributed by atoms with E-state index in [1.807, 2.05) is 0 Å². The van der Waals surface area contributed by atoms with E-state index in [1.54, 1.807) is 33.1 Å². The standard InChI is InChI=1S/C21H23F3N4O3/c1-12(16-9-14(5-6-25-16)21(22,23)24)26-20-15-10-19(31-8-7-29-3)18(30-4)11-17(15)27-13(2)28-20/h5-6,9-12H,7-8H2,1-4H3,(H,26,27,28)/t12-/m1/s1. The van der Waals surface area contributed by atoms with Crippen LogP contribution in [-0.2, 0) is 10.9 Å². The van der Waals surface area contributed by atoms with Gasteiger partial charge in [0.2, 0.25) is 0 Å². The quantitative estimate of drug-likeness (QED) is 0.519. The number of pyridine rings is 1. The van der Waals surface area contributed by atoms with Crippen LogP contribution in [0.2, 0.25) is 0 Å². The van der Waals surface area contributed by atoms with Gasteiger partial charge in [-0.2, -0.15) is 13.2 Å². The number of fused-ring (bicyclic) bond motifs is 1. The number of anilines is 1. The van der Waals surface area contributed by atoms with Gasteiger partial charge in [-0.3, -0.25) is 4.98 Å². The summed E-state index contributed by atoms with van der Waals surface area (Å²) in [6, 6.07) is 4.88. The predicted molar refractivity (Wildman–Crippen MR) is 109 cm³/mol. The van der Waals surface area contributed by atoms with Crippen molar-refractivity contribution in [3.05, 3.63) is 47.5 Å². The van der Waals surface area contributed by atoms with E-state index >= 15 is 0 Å². The molecule has 0 aliphatic heterocycles. The molecular weight excluding hydrogens is 413 g/mol. The average Bonchev–Trinajstić information content (AvgIpc) is 2.73. The maximum Gasteiger partial charge on any atom is 0.416 e. The van der Waals surface area contributed by atoms with Gasteiger partial charge in [0.1, 0.15) is 18.2 Å². The first kappa shape index (κ1) is 22.5. The summed E-state index contributed by atoms with van der Waals surface area (Å²) in [7, 11) is 3.10. The molecule has 0 aliphatic carbocycles. The maximum absolute atomic E-state index is 13.1. The minimum absolute atomic E-state index is 0.240. The Morgan fingerprint density at radius 1 is 1.06 bits per heavy atom. The fraction of sp³-hybridized carbons (Fsp3) is 0.381. The van der Waals surface area contributed by atoms with Crippen LogP contribution in [0, 0.1) is 6.92 Å². The molecule has 3 aromatic rings. The lowest BCUT2D eigenvalue weighted by molar-refractivity contribution is -0.137. The van der Waals surface area contributed by atoms with Crippen molar-refractivity contribution in [3.63, 3.8) is 0 Å².